The molecule has 0 radical (unpaired) electrons. The fourth-order valence-corrected chi connectivity index (χ4v) is 6.47. The Bertz CT molecular complexity index is 2370. The van der Waals surface area contributed by atoms with Crippen molar-refractivity contribution in [2.24, 2.45) is 0 Å². The number of hydrogen-bond donors (Lipinski definition) is 2. The van der Waals surface area contributed by atoms with Gasteiger partial charge in [-0.25, -0.2) is 27.2 Å². The van der Waals surface area contributed by atoms with Crippen molar-refractivity contribution in [2.45, 2.75) is 18.0 Å². The van der Waals surface area contributed by atoms with Crippen LogP contribution in [0.5, 0.6) is 17.4 Å². The smallest absolute Gasteiger partial charge is 0.264 e. The van der Waals surface area contributed by atoms with E-state index in [1.54, 1.807) is 43.1 Å². The summed E-state index contributed by atoms with van der Waals surface area (Å²) in [5.41, 5.74) is 2.72. The molecular formula is C36H31F2N5O6S. The molecule has 0 unspecified atom stereocenters. The highest BCUT2D eigenvalue weighted by molar-refractivity contribution is 7.92. The van der Waals surface area contributed by atoms with E-state index in [0.29, 0.717) is 52.1 Å². The third-order valence-electron chi connectivity index (χ3n) is 7.84. The van der Waals surface area contributed by atoms with Gasteiger partial charge in [0.15, 0.2) is 11.5 Å². The molecule has 0 amide bonds. The summed E-state index contributed by atoms with van der Waals surface area (Å²) in [7, 11) is -0.0853. The Morgan fingerprint density at radius 1 is 0.800 bits per heavy atom. The molecule has 6 aromatic rings. The quantitative estimate of drug-likeness (QED) is 0.153. The first-order valence-corrected chi connectivity index (χ1v) is 16.6. The van der Waals surface area contributed by atoms with E-state index in [4.69, 9.17) is 19.2 Å². The maximum absolute atomic E-state index is 14.4. The average molecular weight is 700 g/mol. The average Bonchev–Trinajstić information content (AvgIpc) is 3.11. The molecule has 6 rings (SSSR count). The van der Waals surface area contributed by atoms with Gasteiger partial charge in [-0.15, -0.1) is 0 Å². The van der Waals surface area contributed by atoms with Gasteiger partial charge in [-0.05, 0) is 59.2 Å². The lowest BCUT2D eigenvalue weighted by atomic mass is 10.0. The highest BCUT2D eigenvalue weighted by Crippen LogP contribution is 2.32. The summed E-state index contributed by atoms with van der Waals surface area (Å²) in [4.78, 5) is 22.4. The van der Waals surface area contributed by atoms with E-state index >= 15 is 0 Å². The molecule has 4 aromatic carbocycles. The van der Waals surface area contributed by atoms with Crippen molar-refractivity contribution in [1.82, 2.24) is 14.5 Å². The molecule has 2 N–H and O–H groups in total. The van der Waals surface area contributed by atoms with Crippen molar-refractivity contribution < 1.29 is 31.4 Å². The molecule has 11 nitrogen and oxygen atoms in total. The molecule has 0 fully saturated rings. The van der Waals surface area contributed by atoms with E-state index in [1.165, 1.54) is 19.4 Å². The Morgan fingerprint density at radius 2 is 1.58 bits per heavy atom. The van der Waals surface area contributed by atoms with Crippen molar-refractivity contribution >= 4 is 32.6 Å². The molecule has 0 saturated heterocycles. The van der Waals surface area contributed by atoms with Crippen molar-refractivity contribution in [3.8, 4) is 28.5 Å². The van der Waals surface area contributed by atoms with Crippen molar-refractivity contribution in [3.63, 3.8) is 0 Å². The lowest BCUT2D eigenvalue weighted by molar-refractivity contribution is 0.354. The third kappa shape index (κ3) is 7.05. The molecule has 0 bridgehead atoms. The van der Waals surface area contributed by atoms with Gasteiger partial charge in [0.25, 0.3) is 15.6 Å². The number of aromatic nitrogens is 3. The highest BCUT2D eigenvalue weighted by atomic mass is 32.2. The van der Waals surface area contributed by atoms with Gasteiger partial charge in [-0.2, -0.15) is 0 Å². The van der Waals surface area contributed by atoms with E-state index in [9.17, 15) is 22.0 Å². The van der Waals surface area contributed by atoms with Gasteiger partial charge in [0.1, 0.15) is 22.2 Å². The van der Waals surface area contributed by atoms with E-state index in [1.807, 2.05) is 42.5 Å². The summed E-state index contributed by atoms with van der Waals surface area (Å²) in [6, 6.07) is 23.6. The van der Waals surface area contributed by atoms with Gasteiger partial charge in [-0.1, -0.05) is 42.5 Å². The van der Waals surface area contributed by atoms with E-state index < -0.39 is 26.6 Å². The third-order valence-corrected chi connectivity index (χ3v) is 9.24. The Kier molecular flexibility index (Phi) is 9.63. The van der Waals surface area contributed by atoms with Crippen LogP contribution in [0.1, 0.15) is 11.1 Å². The molecule has 0 spiro atoms. The molecule has 0 aliphatic carbocycles. The lowest BCUT2D eigenvalue weighted by Gasteiger charge is -2.16. The molecule has 0 aliphatic heterocycles. The molecule has 2 aromatic heterocycles. The zero-order valence-electron chi connectivity index (χ0n) is 27.1. The zero-order valence-corrected chi connectivity index (χ0v) is 27.9. The first-order chi connectivity index (χ1) is 24.1. The number of pyridine rings is 1. The van der Waals surface area contributed by atoms with E-state index in [-0.39, 0.29) is 23.7 Å². The molecule has 14 heteroatoms. The number of nitrogens with zero attached hydrogens (tertiary/aromatic N) is 3. The first-order valence-electron chi connectivity index (χ1n) is 15.2. The van der Waals surface area contributed by atoms with Crippen LogP contribution in [-0.2, 0) is 23.1 Å². The predicted molar refractivity (Wildman–Crippen MR) is 185 cm³/mol. The number of anilines is 2. The van der Waals surface area contributed by atoms with Crippen LogP contribution in [0.2, 0.25) is 0 Å². The van der Waals surface area contributed by atoms with Gasteiger partial charge >= 0.3 is 0 Å². The predicted octanol–water partition coefficient (Wildman–Crippen LogP) is 6.22. The van der Waals surface area contributed by atoms with Gasteiger partial charge < -0.3 is 19.5 Å². The maximum Gasteiger partial charge on any atom is 0.264 e. The lowest BCUT2D eigenvalue weighted by Crippen LogP contribution is -2.25. The molecule has 0 aliphatic rings. The summed E-state index contributed by atoms with van der Waals surface area (Å²) in [6.45, 7) is 0.570. The monoisotopic (exact) mass is 699 g/mol. The minimum atomic E-state index is -4.50. The number of fused-ring (bicyclic) bond motifs is 1. The van der Waals surface area contributed by atoms with Gasteiger partial charge in [0.2, 0.25) is 11.8 Å². The standard InChI is InChI=1S/C36H31F2N5O6S/c1-47-31-13-9-23(15-32(31)48-2)19-40-36-41-29-12-10-24(16-27(29)35(44)43(36)21-22-7-5-4-6-8-22)25-17-30(34(49-3)39-20-25)42-50(45,46)33-14-11-26(37)18-28(33)38/h4-18,20,42H,19,21H2,1-3H3,(H,40,41). The van der Waals surface area contributed by atoms with Crippen LogP contribution in [0, 0.1) is 11.6 Å². The van der Waals surface area contributed by atoms with Gasteiger partial charge in [-0.3, -0.25) is 14.1 Å². The number of hydrogen-bond acceptors (Lipinski definition) is 9. The minimum Gasteiger partial charge on any atom is -0.493 e. The van der Waals surface area contributed by atoms with Crippen LogP contribution in [0.3, 0.4) is 0 Å². The van der Waals surface area contributed by atoms with Crippen molar-refractivity contribution in [2.75, 3.05) is 31.4 Å². The second-order valence-corrected chi connectivity index (χ2v) is 12.7. The molecular weight excluding hydrogens is 668 g/mol. The normalized spacial score (nSPS) is 11.3. The molecule has 50 heavy (non-hydrogen) atoms. The summed E-state index contributed by atoms with van der Waals surface area (Å²) >= 11 is 0. The van der Waals surface area contributed by atoms with Gasteiger partial charge in [0.05, 0.1) is 38.8 Å². The van der Waals surface area contributed by atoms with E-state index in [0.717, 1.165) is 23.3 Å². The number of rotatable bonds is 12. The Hall–Kier alpha value is -6.02. The number of nitrogens with one attached hydrogen (secondary N) is 2. The van der Waals surface area contributed by atoms with Crippen LogP contribution in [0.25, 0.3) is 22.0 Å². The number of halogens is 2. The number of sulfonamides is 1. The first kappa shape index (κ1) is 33.9. The number of methoxy groups -OCH3 is 3. The van der Waals surface area contributed by atoms with Crippen LogP contribution in [0.15, 0.2) is 107 Å². The van der Waals surface area contributed by atoms with E-state index in [2.05, 4.69) is 15.0 Å². The Morgan fingerprint density at radius 3 is 2.30 bits per heavy atom. The fraction of sp³-hybridized carbons (Fsp3) is 0.139. The topological polar surface area (TPSA) is 134 Å². The van der Waals surface area contributed by atoms with Crippen LogP contribution < -0.4 is 29.8 Å². The minimum absolute atomic E-state index is 0.0855. The Labute approximate surface area is 286 Å². The van der Waals surface area contributed by atoms with Gasteiger partial charge in [0, 0.05) is 24.4 Å². The summed E-state index contributed by atoms with van der Waals surface area (Å²) in [5.74, 6) is -0.749. The van der Waals surface area contributed by atoms with Crippen LogP contribution >= 0.6 is 0 Å². The SMILES string of the molecule is COc1ccc(CNc2nc3ccc(-c4cnc(OC)c(NS(=O)(=O)c5ccc(F)cc5F)c4)cc3c(=O)n2Cc2ccccc2)cc1OC. The fourth-order valence-electron chi connectivity index (χ4n) is 5.36. The summed E-state index contributed by atoms with van der Waals surface area (Å²) in [5, 5.41) is 3.61. The van der Waals surface area contributed by atoms with Crippen LogP contribution in [-0.4, -0.2) is 44.3 Å². The largest absolute Gasteiger partial charge is 0.493 e. The van der Waals surface area contributed by atoms with Crippen molar-refractivity contribution in [1.29, 1.82) is 0 Å². The zero-order chi connectivity index (χ0) is 35.4. The maximum atomic E-state index is 14.4. The number of ether oxygens (including phenoxy) is 3. The molecule has 2 heterocycles. The van der Waals surface area contributed by atoms with Crippen LogP contribution in [0.4, 0.5) is 20.4 Å². The highest BCUT2D eigenvalue weighted by Gasteiger charge is 2.23. The Balaban J connectivity index is 1.38. The summed E-state index contributed by atoms with van der Waals surface area (Å²) in [6.07, 6.45) is 1.45. The molecule has 0 atom stereocenters. The second kappa shape index (κ2) is 14.2. The van der Waals surface area contributed by atoms with Crippen molar-refractivity contribution in [3.05, 3.63) is 130 Å². The number of benzene rings is 4. The molecule has 256 valence electrons. The second-order valence-electron chi connectivity index (χ2n) is 11.0. The summed E-state index contributed by atoms with van der Waals surface area (Å²) < 4.78 is 73.8. The molecule has 0 saturated carbocycles.